The summed E-state index contributed by atoms with van der Waals surface area (Å²) < 4.78 is 0.419. The molecule has 16 heavy (non-hydrogen) atoms. The van der Waals surface area contributed by atoms with E-state index in [1.807, 2.05) is 0 Å². The summed E-state index contributed by atoms with van der Waals surface area (Å²) in [5.41, 5.74) is 1.34. The maximum atomic E-state index is 4.19. The molecule has 1 heterocycles. The predicted molar refractivity (Wildman–Crippen MR) is 73.1 cm³/mol. The second-order valence-corrected chi connectivity index (χ2v) is 7.53. The average molecular weight is 240 g/mol. The first-order chi connectivity index (χ1) is 7.55. The molecule has 92 valence electrons. The van der Waals surface area contributed by atoms with Gasteiger partial charge in [-0.3, -0.25) is 4.90 Å². The molecule has 1 aliphatic heterocycles. The fraction of sp³-hybridized carbons (Fsp3) is 0.846. The van der Waals surface area contributed by atoms with Gasteiger partial charge in [-0.1, -0.05) is 6.58 Å². The SMILES string of the molecule is C=C(CNC1CC1)CN1CCSC(C)(C)C1. The minimum atomic E-state index is 0.419. The molecule has 0 aromatic carbocycles. The van der Waals surface area contributed by atoms with Crippen molar-refractivity contribution in [2.24, 2.45) is 0 Å². The van der Waals surface area contributed by atoms with Crippen LogP contribution in [0.1, 0.15) is 26.7 Å². The summed E-state index contributed by atoms with van der Waals surface area (Å²) in [6, 6.07) is 0.796. The van der Waals surface area contributed by atoms with Gasteiger partial charge in [-0.05, 0) is 32.3 Å². The van der Waals surface area contributed by atoms with Crippen LogP contribution in [0, 0.1) is 0 Å². The van der Waals surface area contributed by atoms with E-state index >= 15 is 0 Å². The van der Waals surface area contributed by atoms with E-state index in [2.05, 4.69) is 42.4 Å². The molecule has 0 aromatic rings. The average Bonchev–Trinajstić information content (AvgIpc) is 2.96. The van der Waals surface area contributed by atoms with Crippen molar-refractivity contribution in [2.45, 2.75) is 37.5 Å². The number of nitrogens with zero attached hydrogens (tertiary/aromatic N) is 1. The third kappa shape index (κ3) is 4.11. The van der Waals surface area contributed by atoms with Gasteiger partial charge in [0.1, 0.15) is 0 Å². The predicted octanol–water partition coefficient (Wildman–Crippen LogP) is 2.12. The lowest BCUT2D eigenvalue weighted by atomic mass is 10.1. The van der Waals surface area contributed by atoms with Crippen LogP contribution in [0.25, 0.3) is 0 Å². The van der Waals surface area contributed by atoms with Crippen molar-refractivity contribution in [3.63, 3.8) is 0 Å². The molecular weight excluding hydrogens is 216 g/mol. The zero-order chi connectivity index (χ0) is 11.6. The molecule has 0 radical (unpaired) electrons. The minimum Gasteiger partial charge on any atom is -0.310 e. The molecule has 2 rings (SSSR count). The standard InChI is InChI=1S/C13H24N2S/c1-11(8-14-12-4-5-12)9-15-6-7-16-13(2,3)10-15/h12,14H,1,4-10H2,2-3H3. The molecule has 1 saturated carbocycles. The van der Waals surface area contributed by atoms with Crippen molar-refractivity contribution < 1.29 is 0 Å². The molecular formula is C13H24N2S. The molecule has 0 aromatic heterocycles. The van der Waals surface area contributed by atoms with Gasteiger partial charge in [0.05, 0.1) is 0 Å². The van der Waals surface area contributed by atoms with Crippen LogP contribution in [0.2, 0.25) is 0 Å². The van der Waals surface area contributed by atoms with E-state index in [0.29, 0.717) is 4.75 Å². The van der Waals surface area contributed by atoms with Crippen molar-refractivity contribution in [3.8, 4) is 0 Å². The van der Waals surface area contributed by atoms with E-state index in [1.54, 1.807) is 0 Å². The topological polar surface area (TPSA) is 15.3 Å². The zero-order valence-electron chi connectivity index (χ0n) is 10.6. The highest BCUT2D eigenvalue weighted by molar-refractivity contribution is 8.00. The second kappa shape index (κ2) is 5.11. The summed E-state index contributed by atoms with van der Waals surface area (Å²) in [5.74, 6) is 1.26. The molecule has 0 atom stereocenters. The van der Waals surface area contributed by atoms with Crippen LogP contribution in [0.5, 0.6) is 0 Å². The molecule has 2 nitrogen and oxygen atoms in total. The van der Waals surface area contributed by atoms with E-state index in [0.717, 1.165) is 19.1 Å². The Morgan fingerprint density at radius 1 is 1.50 bits per heavy atom. The van der Waals surface area contributed by atoms with Crippen LogP contribution in [-0.4, -0.2) is 47.6 Å². The zero-order valence-corrected chi connectivity index (χ0v) is 11.4. The number of rotatable bonds is 5. The van der Waals surface area contributed by atoms with E-state index in [-0.39, 0.29) is 0 Å². The summed E-state index contributed by atoms with van der Waals surface area (Å²) in [6.07, 6.45) is 2.72. The summed E-state index contributed by atoms with van der Waals surface area (Å²) in [6.45, 7) is 13.4. The van der Waals surface area contributed by atoms with E-state index in [9.17, 15) is 0 Å². The third-order valence-electron chi connectivity index (χ3n) is 3.17. The molecule has 0 unspecified atom stereocenters. The van der Waals surface area contributed by atoms with Gasteiger partial charge < -0.3 is 5.32 Å². The van der Waals surface area contributed by atoms with Crippen LogP contribution in [0.4, 0.5) is 0 Å². The maximum absolute atomic E-state index is 4.19. The van der Waals surface area contributed by atoms with Gasteiger partial charge in [-0.25, -0.2) is 0 Å². The lowest BCUT2D eigenvalue weighted by molar-refractivity contribution is 0.279. The van der Waals surface area contributed by atoms with Gasteiger partial charge in [0.15, 0.2) is 0 Å². The Morgan fingerprint density at radius 2 is 2.25 bits per heavy atom. The van der Waals surface area contributed by atoms with Crippen LogP contribution >= 0.6 is 11.8 Å². The van der Waals surface area contributed by atoms with Gasteiger partial charge in [0.2, 0.25) is 0 Å². The largest absolute Gasteiger partial charge is 0.310 e. The number of hydrogen-bond acceptors (Lipinski definition) is 3. The molecule has 1 aliphatic carbocycles. The monoisotopic (exact) mass is 240 g/mol. The Morgan fingerprint density at radius 3 is 2.88 bits per heavy atom. The number of nitrogens with one attached hydrogen (secondary N) is 1. The molecule has 3 heteroatoms. The summed E-state index contributed by atoms with van der Waals surface area (Å²) in [4.78, 5) is 2.55. The van der Waals surface area contributed by atoms with Gasteiger partial charge in [0.25, 0.3) is 0 Å². The molecule has 0 amide bonds. The van der Waals surface area contributed by atoms with Crippen molar-refractivity contribution in [1.82, 2.24) is 10.2 Å². The third-order valence-corrected chi connectivity index (χ3v) is 4.47. The maximum Gasteiger partial charge on any atom is 0.0231 e. The van der Waals surface area contributed by atoms with Crippen LogP contribution < -0.4 is 5.32 Å². The highest BCUT2D eigenvalue weighted by atomic mass is 32.2. The lowest BCUT2D eigenvalue weighted by Crippen LogP contribution is -2.44. The molecule has 0 bridgehead atoms. The van der Waals surface area contributed by atoms with Crippen molar-refractivity contribution >= 4 is 11.8 Å². The Hall–Kier alpha value is 0.0100. The molecule has 2 aliphatic rings. The van der Waals surface area contributed by atoms with E-state index < -0.39 is 0 Å². The smallest absolute Gasteiger partial charge is 0.0231 e. The van der Waals surface area contributed by atoms with Gasteiger partial charge in [-0.2, -0.15) is 11.8 Å². The molecule has 1 saturated heterocycles. The lowest BCUT2D eigenvalue weighted by Gasteiger charge is -2.37. The van der Waals surface area contributed by atoms with Crippen molar-refractivity contribution in [3.05, 3.63) is 12.2 Å². The number of hydrogen-bond donors (Lipinski definition) is 1. The fourth-order valence-corrected chi connectivity index (χ4v) is 3.37. The summed E-state index contributed by atoms with van der Waals surface area (Å²) >= 11 is 2.09. The molecule has 2 fully saturated rings. The molecule has 0 spiro atoms. The Bertz CT molecular complexity index is 259. The number of thioether (sulfide) groups is 1. The Kier molecular flexibility index (Phi) is 3.98. The highest BCUT2D eigenvalue weighted by Gasteiger charge is 2.27. The first kappa shape index (κ1) is 12.5. The van der Waals surface area contributed by atoms with Crippen molar-refractivity contribution in [1.29, 1.82) is 0 Å². The molecule has 1 N–H and O–H groups in total. The van der Waals surface area contributed by atoms with Crippen LogP contribution in [-0.2, 0) is 0 Å². The van der Waals surface area contributed by atoms with Crippen molar-refractivity contribution in [2.75, 3.05) is 31.9 Å². The van der Waals surface area contributed by atoms with Gasteiger partial charge >= 0.3 is 0 Å². The fourth-order valence-electron chi connectivity index (χ4n) is 2.20. The normalized spacial score (nSPS) is 25.6. The van der Waals surface area contributed by atoms with Crippen LogP contribution in [0.15, 0.2) is 12.2 Å². The van der Waals surface area contributed by atoms with Gasteiger partial charge in [-0.15, -0.1) is 0 Å². The van der Waals surface area contributed by atoms with Crippen LogP contribution in [0.3, 0.4) is 0 Å². The summed E-state index contributed by atoms with van der Waals surface area (Å²) in [5, 5.41) is 3.54. The summed E-state index contributed by atoms with van der Waals surface area (Å²) in [7, 11) is 0. The van der Waals surface area contributed by atoms with E-state index in [1.165, 1.54) is 37.3 Å². The first-order valence-electron chi connectivity index (χ1n) is 6.31. The first-order valence-corrected chi connectivity index (χ1v) is 7.30. The minimum absolute atomic E-state index is 0.419. The quantitative estimate of drug-likeness (QED) is 0.741. The Balaban J connectivity index is 1.68. The highest BCUT2D eigenvalue weighted by Crippen LogP contribution is 2.29. The second-order valence-electron chi connectivity index (χ2n) is 5.72. The Labute approximate surface area is 104 Å². The van der Waals surface area contributed by atoms with E-state index in [4.69, 9.17) is 0 Å². The van der Waals surface area contributed by atoms with Gasteiger partial charge in [0, 0.05) is 42.7 Å².